The summed E-state index contributed by atoms with van der Waals surface area (Å²) in [5.41, 5.74) is 2.83. The molecule has 1 saturated heterocycles. The van der Waals surface area contributed by atoms with E-state index in [-0.39, 0.29) is 11.9 Å². The third kappa shape index (κ3) is 2.74. The molecule has 3 aromatic rings. The molecule has 4 rings (SSSR count). The summed E-state index contributed by atoms with van der Waals surface area (Å²) >= 11 is 0. The summed E-state index contributed by atoms with van der Waals surface area (Å²) in [5, 5.41) is 12.7. The Kier molecular flexibility index (Phi) is 4.38. The van der Waals surface area contributed by atoms with E-state index in [0.717, 1.165) is 48.2 Å². The molecular weight excluding hydrogens is 328 g/mol. The first-order valence-corrected chi connectivity index (χ1v) is 8.92. The van der Waals surface area contributed by atoms with Gasteiger partial charge in [-0.25, -0.2) is 4.68 Å². The highest BCUT2D eigenvalue weighted by Gasteiger charge is 2.32. The zero-order valence-corrected chi connectivity index (χ0v) is 15.0. The van der Waals surface area contributed by atoms with E-state index in [2.05, 4.69) is 20.6 Å². The van der Waals surface area contributed by atoms with Gasteiger partial charge in [-0.15, -0.1) is 5.10 Å². The van der Waals surface area contributed by atoms with Crippen molar-refractivity contribution in [1.82, 2.24) is 30.2 Å². The summed E-state index contributed by atoms with van der Waals surface area (Å²) < 4.78 is 1.71. The van der Waals surface area contributed by atoms with Crippen molar-refractivity contribution in [3.63, 3.8) is 0 Å². The van der Waals surface area contributed by atoms with Crippen LogP contribution in [-0.2, 0) is 0 Å². The molecule has 1 unspecified atom stereocenters. The number of likely N-dealkylation sites (N-methyl/N-ethyl adjacent to an activating group) is 1. The molecule has 26 heavy (non-hydrogen) atoms. The van der Waals surface area contributed by atoms with Crippen molar-refractivity contribution in [1.29, 1.82) is 0 Å². The Balaban J connectivity index is 1.71. The van der Waals surface area contributed by atoms with Crippen LogP contribution in [0.1, 0.15) is 29.0 Å². The van der Waals surface area contributed by atoms with Crippen molar-refractivity contribution in [3.05, 3.63) is 47.9 Å². The number of nitrogens with one attached hydrogen (secondary N) is 1. The number of nitrogens with zero attached hydrogens (tertiary/aromatic N) is 5. The maximum atomic E-state index is 13.0. The number of aromatic nitrogens is 4. The number of benzene rings is 1. The van der Waals surface area contributed by atoms with E-state index in [1.165, 1.54) is 0 Å². The van der Waals surface area contributed by atoms with E-state index in [4.69, 9.17) is 0 Å². The average Bonchev–Trinajstić information content (AvgIpc) is 3.28. The van der Waals surface area contributed by atoms with E-state index in [1.54, 1.807) is 10.9 Å². The highest BCUT2D eigenvalue weighted by atomic mass is 16.2. The number of carbonyl (C=O) groups is 1. The Hall–Kier alpha value is -2.80. The minimum Gasteiger partial charge on any atom is -0.333 e. The van der Waals surface area contributed by atoms with Crippen molar-refractivity contribution in [2.75, 3.05) is 20.1 Å². The fraction of sp³-hybridized carbons (Fsp3) is 0.368. The summed E-state index contributed by atoms with van der Waals surface area (Å²) in [6.07, 6.45) is 3.81. The molecule has 1 N–H and O–H groups in total. The number of hydrogen-bond donors (Lipinski definition) is 1. The van der Waals surface area contributed by atoms with Crippen molar-refractivity contribution in [2.45, 2.75) is 25.8 Å². The van der Waals surface area contributed by atoms with Crippen LogP contribution < -0.4 is 5.32 Å². The molecule has 0 radical (unpaired) electrons. The molecule has 1 amide bonds. The lowest BCUT2D eigenvalue weighted by Crippen LogP contribution is -2.41. The minimum atomic E-state index is -0.0419. The second-order valence-electron chi connectivity index (χ2n) is 6.64. The molecule has 1 aliphatic rings. The van der Waals surface area contributed by atoms with Crippen LogP contribution in [0.5, 0.6) is 0 Å². The van der Waals surface area contributed by atoms with E-state index in [0.29, 0.717) is 5.69 Å². The van der Waals surface area contributed by atoms with Gasteiger partial charge < -0.3 is 10.2 Å². The van der Waals surface area contributed by atoms with Gasteiger partial charge in [0.1, 0.15) is 0 Å². The van der Waals surface area contributed by atoms with Crippen LogP contribution in [0.4, 0.5) is 0 Å². The molecule has 1 aromatic carbocycles. The number of hydrogen-bond acceptors (Lipinski definition) is 5. The standard InChI is InChI=1S/C19H22N6O/c1-13-17(19(26)24-11-5-8-15(24)12-20-2)22-23-25(13)16-9-3-6-14-7-4-10-21-18(14)16/h3-4,6-7,9-10,15,20H,5,8,11-12H2,1-2H3. The summed E-state index contributed by atoms with van der Waals surface area (Å²) in [6.45, 7) is 3.46. The van der Waals surface area contributed by atoms with Gasteiger partial charge in [0.15, 0.2) is 5.69 Å². The van der Waals surface area contributed by atoms with Gasteiger partial charge in [-0.3, -0.25) is 9.78 Å². The summed E-state index contributed by atoms with van der Waals surface area (Å²) in [7, 11) is 1.91. The van der Waals surface area contributed by atoms with Crippen LogP contribution in [0.25, 0.3) is 16.6 Å². The summed E-state index contributed by atoms with van der Waals surface area (Å²) in [5.74, 6) is -0.0419. The van der Waals surface area contributed by atoms with Gasteiger partial charge in [0.05, 0.1) is 16.9 Å². The smallest absolute Gasteiger partial charge is 0.276 e. The van der Waals surface area contributed by atoms with Crippen LogP contribution in [-0.4, -0.2) is 57.0 Å². The van der Waals surface area contributed by atoms with E-state index in [9.17, 15) is 4.79 Å². The Morgan fingerprint density at radius 1 is 1.31 bits per heavy atom. The molecule has 0 spiro atoms. The lowest BCUT2D eigenvalue weighted by molar-refractivity contribution is 0.0730. The van der Waals surface area contributed by atoms with Crippen molar-refractivity contribution < 1.29 is 4.79 Å². The highest BCUT2D eigenvalue weighted by molar-refractivity contribution is 5.94. The molecule has 3 heterocycles. The SMILES string of the molecule is CNCC1CCCN1C(=O)c1nnn(-c2cccc3cccnc23)c1C. The molecule has 134 valence electrons. The van der Waals surface area contributed by atoms with Crippen molar-refractivity contribution in [3.8, 4) is 5.69 Å². The maximum absolute atomic E-state index is 13.0. The number of fused-ring (bicyclic) bond motifs is 1. The number of likely N-dealkylation sites (tertiary alicyclic amines) is 1. The predicted molar refractivity (Wildman–Crippen MR) is 99.4 cm³/mol. The van der Waals surface area contributed by atoms with Crippen LogP contribution >= 0.6 is 0 Å². The monoisotopic (exact) mass is 350 g/mol. The van der Waals surface area contributed by atoms with Gasteiger partial charge in [-0.1, -0.05) is 23.4 Å². The van der Waals surface area contributed by atoms with Crippen molar-refractivity contribution in [2.24, 2.45) is 0 Å². The highest BCUT2D eigenvalue weighted by Crippen LogP contribution is 2.24. The van der Waals surface area contributed by atoms with Crippen LogP contribution in [0.2, 0.25) is 0 Å². The first-order chi connectivity index (χ1) is 12.7. The van der Waals surface area contributed by atoms with Gasteiger partial charge in [-0.05, 0) is 38.9 Å². The van der Waals surface area contributed by atoms with Crippen LogP contribution in [0, 0.1) is 6.92 Å². The molecule has 1 aliphatic heterocycles. The Morgan fingerprint density at radius 2 is 2.15 bits per heavy atom. The molecule has 2 aromatic heterocycles. The molecule has 0 saturated carbocycles. The molecule has 0 bridgehead atoms. The lowest BCUT2D eigenvalue weighted by atomic mass is 10.2. The normalized spacial score (nSPS) is 17.2. The quantitative estimate of drug-likeness (QED) is 0.778. The van der Waals surface area contributed by atoms with Gasteiger partial charge in [0.2, 0.25) is 0 Å². The van der Waals surface area contributed by atoms with Crippen LogP contribution in [0.3, 0.4) is 0 Å². The number of rotatable bonds is 4. The van der Waals surface area contributed by atoms with Gasteiger partial charge >= 0.3 is 0 Å². The molecule has 1 atom stereocenters. The lowest BCUT2D eigenvalue weighted by Gasteiger charge is -2.23. The predicted octanol–water partition coefficient (Wildman–Crippen LogP) is 1.95. The second-order valence-corrected chi connectivity index (χ2v) is 6.64. The first-order valence-electron chi connectivity index (χ1n) is 8.92. The van der Waals surface area contributed by atoms with E-state index < -0.39 is 0 Å². The molecular formula is C19H22N6O. The molecule has 1 fully saturated rings. The Labute approximate surface area is 152 Å². The largest absolute Gasteiger partial charge is 0.333 e. The van der Waals surface area contributed by atoms with Crippen molar-refractivity contribution >= 4 is 16.8 Å². The minimum absolute atomic E-state index is 0.0419. The molecule has 0 aliphatic carbocycles. The number of para-hydroxylation sites is 1. The van der Waals surface area contributed by atoms with Gasteiger partial charge in [-0.2, -0.15) is 0 Å². The van der Waals surface area contributed by atoms with Crippen LogP contribution in [0.15, 0.2) is 36.5 Å². The number of pyridine rings is 1. The Morgan fingerprint density at radius 3 is 3.00 bits per heavy atom. The Bertz CT molecular complexity index is 945. The van der Waals surface area contributed by atoms with E-state index >= 15 is 0 Å². The topological polar surface area (TPSA) is 75.9 Å². The second kappa shape index (κ2) is 6.84. The summed E-state index contributed by atoms with van der Waals surface area (Å²) in [6, 6.07) is 10.1. The molecule has 7 heteroatoms. The third-order valence-electron chi connectivity index (χ3n) is 5.01. The molecule has 7 nitrogen and oxygen atoms in total. The maximum Gasteiger partial charge on any atom is 0.276 e. The first kappa shape index (κ1) is 16.7. The number of carbonyl (C=O) groups excluding carboxylic acids is 1. The third-order valence-corrected chi connectivity index (χ3v) is 5.01. The van der Waals surface area contributed by atoms with Gasteiger partial charge in [0.25, 0.3) is 5.91 Å². The number of amides is 1. The van der Waals surface area contributed by atoms with E-state index in [1.807, 2.05) is 49.2 Å². The fourth-order valence-corrected chi connectivity index (χ4v) is 3.70. The zero-order valence-electron chi connectivity index (χ0n) is 15.0. The zero-order chi connectivity index (χ0) is 18.1. The fourth-order valence-electron chi connectivity index (χ4n) is 3.70. The average molecular weight is 350 g/mol. The summed E-state index contributed by atoms with van der Waals surface area (Å²) in [4.78, 5) is 19.4. The van der Waals surface area contributed by atoms with Gasteiger partial charge in [0, 0.05) is 30.7 Å².